The maximum atomic E-state index is 12.7. The fraction of sp³-hybridized carbons (Fsp3) is 0.459. The van der Waals surface area contributed by atoms with Crippen LogP contribution in [0, 0.1) is 18.8 Å². The number of benzene rings is 3. The monoisotopic (exact) mass is 680 g/mol. The van der Waals surface area contributed by atoms with Crippen LogP contribution >= 0.6 is 0 Å². The Kier molecular flexibility index (Phi) is 11.6. The normalized spacial score (nSPS) is 17.8. The third-order valence-electron chi connectivity index (χ3n) is 7.72. The summed E-state index contributed by atoms with van der Waals surface area (Å²) in [5, 5.41) is 9.37. The van der Waals surface area contributed by atoms with Gasteiger partial charge in [-0.25, -0.2) is 9.59 Å². The number of nitrogens with zero attached hydrogens (tertiary/aromatic N) is 2. The van der Waals surface area contributed by atoms with Crippen LogP contribution in [0.3, 0.4) is 0 Å². The van der Waals surface area contributed by atoms with Crippen molar-refractivity contribution in [3.05, 3.63) is 89.5 Å². The van der Waals surface area contributed by atoms with Crippen LogP contribution in [0.2, 0.25) is 0 Å². The van der Waals surface area contributed by atoms with E-state index in [1.165, 1.54) is 12.1 Å². The molecule has 11 heteroatoms. The van der Waals surface area contributed by atoms with Gasteiger partial charge in [-0.1, -0.05) is 54.1 Å². The third-order valence-corrected chi connectivity index (χ3v) is 9.01. The fourth-order valence-corrected chi connectivity index (χ4v) is 6.51. The number of hydrogen-bond acceptors (Lipinski definition) is 8. The highest BCUT2D eigenvalue weighted by molar-refractivity contribution is 7.86. The van der Waals surface area contributed by atoms with Crippen LogP contribution in [-0.4, -0.2) is 63.2 Å². The zero-order chi connectivity index (χ0) is 35.3. The van der Waals surface area contributed by atoms with Crippen LogP contribution < -0.4 is 9.80 Å². The zero-order valence-corrected chi connectivity index (χ0v) is 29.7. The minimum Gasteiger partial charge on any atom is -0.443 e. The first-order chi connectivity index (χ1) is 22.5. The van der Waals surface area contributed by atoms with E-state index in [9.17, 15) is 23.1 Å². The van der Waals surface area contributed by atoms with Gasteiger partial charge in [0.15, 0.2) is 0 Å². The first-order valence-corrected chi connectivity index (χ1v) is 17.6. The van der Waals surface area contributed by atoms with Gasteiger partial charge in [0.25, 0.3) is 10.1 Å². The van der Waals surface area contributed by atoms with Gasteiger partial charge in [0.05, 0.1) is 22.9 Å². The van der Waals surface area contributed by atoms with Gasteiger partial charge in [-0.2, -0.15) is 8.42 Å². The Morgan fingerprint density at radius 3 is 1.62 bits per heavy atom. The van der Waals surface area contributed by atoms with Crippen molar-refractivity contribution in [1.29, 1.82) is 0 Å². The van der Waals surface area contributed by atoms with E-state index in [4.69, 9.17) is 13.7 Å². The lowest BCUT2D eigenvalue weighted by atomic mass is 9.93. The summed E-state index contributed by atoms with van der Waals surface area (Å²) >= 11 is 0. The molecule has 0 saturated carbocycles. The summed E-state index contributed by atoms with van der Waals surface area (Å²) in [5.41, 5.74) is 3.56. The first kappa shape index (κ1) is 36.9. The van der Waals surface area contributed by atoms with Crippen LogP contribution in [-0.2, 0) is 36.6 Å². The molecule has 48 heavy (non-hydrogen) atoms. The molecule has 0 aromatic heterocycles. The second-order valence-electron chi connectivity index (χ2n) is 14.3. The molecule has 2 heterocycles. The molecule has 2 unspecified atom stereocenters. The van der Waals surface area contributed by atoms with Crippen molar-refractivity contribution >= 4 is 33.7 Å². The fourth-order valence-electron chi connectivity index (χ4n) is 5.53. The Hall–Kier alpha value is -3.93. The molecule has 3 aromatic carbocycles. The number of carbonyl (C=O) groups excluding carboxylic acids is 2. The summed E-state index contributed by atoms with van der Waals surface area (Å²) in [7, 11) is -3.86. The number of anilines is 2. The highest BCUT2D eigenvalue weighted by Gasteiger charge is 2.33. The predicted molar refractivity (Wildman–Crippen MR) is 186 cm³/mol. The lowest BCUT2D eigenvalue weighted by molar-refractivity contribution is 0.0555. The van der Waals surface area contributed by atoms with E-state index >= 15 is 0 Å². The molecule has 0 saturated heterocycles. The molecule has 1 N–H and O–H groups in total. The van der Waals surface area contributed by atoms with Crippen molar-refractivity contribution < 1.29 is 36.8 Å². The van der Waals surface area contributed by atoms with E-state index in [1.807, 2.05) is 97.0 Å². The van der Waals surface area contributed by atoms with E-state index in [2.05, 4.69) is 0 Å². The maximum Gasteiger partial charge on any atom is 0.414 e. The minimum atomic E-state index is -3.86. The number of aliphatic hydroxyl groups excluding tert-OH is 1. The molecule has 2 aliphatic rings. The Labute approximate surface area is 284 Å². The number of hydrogen-bond donors (Lipinski definition) is 1. The Bertz CT molecular complexity index is 1680. The van der Waals surface area contributed by atoms with E-state index in [1.54, 1.807) is 21.9 Å². The summed E-state index contributed by atoms with van der Waals surface area (Å²) in [6.07, 6.45) is 0.624. The van der Waals surface area contributed by atoms with Gasteiger partial charge in [0.2, 0.25) is 0 Å². The molecular weight excluding hydrogens is 632 g/mol. The lowest BCUT2D eigenvalue weighted by Gasteiger charge is -2.35. The lowest BCUT2D eigenvalue weighted by Crippen LogP contribution is -2.44. The predicted octanol–water partition coefficient (Wildman–Crippen LogP) is 6.91. The average molecular weight is 681 g/mol. The van der Waals surface area contributed by atoms with Crippen molar-refractivity contribution in [3.63, 3.8) is 0 Å². The van der Waals surface area contributed by atoms with E-state index in [0.717, 1.165) is 34.5 Å². The van der Waals surface area contributed by atoms with Crippen LogP contribution in [0.4, 0.5) is 21.0 Å². The van der Waals surface area contributed by atoms with Gasteiger partial charge < -0.3 is 14.6 Å². The quantitative estimate of drug-likeness (QED) is 0.289. The molecular formula is C37H48N2O8S. The molecule has 0 radical (unpaired) electrons. The number of aliphatic hydroxyl groups is 1. The summed E-state index contributed by atoms with van der Waals surface area (Å²) in [5.74, 6) is -0.0972. The van der Waals surface area contributed by atoms with Gasteiger partial charge in [0.1, 0.15) is 11.2 Å². The van der Waals surface area contributed by atoms with Gasteiger partial charge in [-0.3, -0.25) is 14.0 Å². The number of aryl methyl sites for hydroxylation is 1. The van der Waals surface area contributed by atoms with Crippen LogP contribution in [0.15, 0.2) is 77.7 Å². The summed E-state index contributed by atoms with van der Waals surface area (Å²) < 4.78 is 41.3. The van der Waals surface area contributed by atoms with Crippen LogP contribution in [0.1, 0.15) is 58.2 Å². The van der Waals surface area contributed by atoms with Gasteiger partial charge in [0, 0.05) is 31.5 Å². The second-order valence-corrected chi connectivity index (χ2v) is 15.9. The minimum absolute atomic E-state index is 0.0101. The van der Waals surface area contributed by atoms with E-state index in [-0.39, 0.29) is 36.0 Å². The summed E-state index contributed by atoms with van der Waals surface area (Å²) in [6, 6.07) is 21.9. The molecule has 3 aromatic rings. The average Bonchev–Trinajstić information content (AvgIpc) is 3.01. The molecule has 2 aliphatic heterocycles. The van der Waals surface area contributed by atoms with Gasteiger partial charge in [-0.05, 0) is 96.7 Å². The number of rotatable bonds is 5. The number of fused-ring (bicyclic) bond motifs is 2. The molecule has 10 nitrogen and oxygen atoms in total. The van der Waals surface area contributed by atoms with E-state index < -0.39 is 27.4 Å². The van der Waals surface area contributed by atoms with Crippen molar-refractivity contribution in [2.24, 2.45) is 11.8 Å². The van der Waals surface area contributed by atoms with Crippen LogP contribution in [0.25, 0.3) is 0 Å². The maximum absolute atomic E-state index is 12.7. The topological polar surface area (TPSA) is 123 Å². The van der Waals surface area contributed by atoms with Crippen molar-refractivity contribution in [2.75, 3.05) is 36.1 Å². The molecule has 260 valence electrons. The van der Waals surface area contributed by atoms with Crippen molar-refractivity contribution in [2.45, 2.75) is 77.4 Å². The first-order valence-electron chi connectivity index (χ1n) is 16.2. The van der Waals surface area contributed by atoms with Crippen molar-refractivity contribution in [1.82, 2.24) is 0 Å². The zero-order valence-electron chi connectivity index (χ0n) is 28.9. The molecule has 2 amide bonds. The van der Waals surface area contributed by atoms with Crippen LogP contribution in [0.5, 0.6) is 0 Å². The summed E-state index contributed by atoms with van der Waals surface area (Å²) in [4.78, 5) is 28.3. The Balaban J connectivity index is 0.000000237. The second kappa shape index (κ2) is 15.1. The van der Waals surface area contributed by atoms with E-state index in [0.29, 0.717) is 19.5 Å². The molecule has 5 rings (SSSR count). The standard InChI is InChI=1S/C22H27NO5S.C15H21NO3/c1-16-9-11-19(12-10-16)29(25,26)27-15-17-13-18-7-5-6-8-20(18)23(14-17)21(24)28-22(2,3)4;1-15(2,3)19-14(18)16-9-11(10-17)8-12-6-4-5-7-13(12)16/h5-12,17H,13-15H2,1-4H3;4-7,11,17H,8-10H2,1-3H3. The third kappa shape index (κ3) is 10.0. The highest BCUT2D eigenvalue weighted by Crippen LogP contribution is 2.32. The SMILES string of the molecule is CC(C)(C)OC(=O)N1CC(CO)Cc2ccccc21.Cc1ccc(S(=O)(=O)OCC2Cc3ccccc3N(C(=O)OC(C)(C)C)C2)cc1. The van der Waals surface area contributed by atoms with Gasteiger partial charge in [-0.15, -0.1) is 0 Å². The molecule has 0 bridgehead atoms. The summed E-state index contributed by atoms with van der Waals surface area (Å²) in [6.45, 7) is 13.8. The smallest absolute Gasteiger partial charge is 0.414 e. The largest absolute Gasteiger partial charge is 0.443 e. The molecule has 2 atom stereocenters. The number of carbonyl (C=O) groups is 2. The Morgan fingerprint density at radius 1 is 0.729 bits per heavy atom. The van der Waals surface area contributed by atoms with Crippen molar-refractivity contribution in [3.8, 4) is 0 Å². The number of ether oxygens (including phenoxy) is 2. The number of amides is 2. The number of para-hydroxylation sites is 2. The molecule has 0 spiro atoms. The Morgan fingerprint density at radius 2 is 1.17 bits per heavy atom. The van der Waals surface area contributed by atoms with Gasteiger partial charge >= 0.3 is 12.2 Å². The molecule has 0 fully saturated rings. The molecule has 0 aliphatic carbocycles. The highest BCUT2D eigenvalue weighted by atomic mass is 32.2.